The molecule has 0 unspecified atom stereocenters. The number of carbonyl (C=O) groups excluding carboxylic acids is 1. The van der Waals surface area contributed by atoms with E-state index < -0.39 is 10.1 Å². The van der Waals surface area contributed by atoms with Crippen LogP contribution in [-0.4, -0.2) is 31.0 Å². The van der Waals surface area contributed by atoms with Gasteiger partial charge in [0.1, 0.15) is 5.75 Å². The van der Waals surface area contributed by atoms with Crippen molar-refractivity contribution in [1.82, 2.24) is 4.90 Å². The summed E-state index contributed by atoms with van der Waals surface area (Å²) in [4.78, 5) is 13.2. The van der Waals surface area contributed by atoms with Gasteiger partial charge in [0.2, 0.25) is 5.91 Å². The Morgan fingerprint density at radius 2 is 1.80 bits per heavy atom. The molecule has 0 saturated carbocycles. The molecule has 0 fully saturated rings. The summed E-state index contributed by atoms with van der Waals surface area (Å²) in [5, 5.41) is 0. The fourth-order valence-corrected chi connectivity index (χ4v) is 2.23. The first-order chi connectivity index (χ1) is 9.25. The molecule has 1 rings (SSSR count). The molecule has 0 atom stereocenters. The number of benzene rings is 1. The van der Waals surface area contributed by atoms with E-state index in [2.05, 4.69) is 0 Å². The predicted molar refractivity (Wildman–Crippen MR) is 77.9 cm³/mol. The van der Waals surface area contributed by atoms with E-state index in [1.165, 1.54) is 13.8 Å². The topological polar surface area (TPSA) is 63.7 Å². The Kier molecular flexibility index (Phi) is 5.56. The third-order valence-electron chi connectivity index (χ3n) is 2.88. The van der Waals surface area contributed by atoms with Crippen molar-refractivity contribution >= 4 is 16.0 Å². The van der Waals surface area contributed by atoms with E-state index in [9.17, 15) is 13.2 Å². The molecule has 0 bridgehead atoms. The highest BCUT2D eigenvalue weighted by Gasteiger charge is 2.13. The quantitative estimate of drug-likeness (QED) is 0.755. The smallest absolute Gasteiger partial charge is 0.308 e. The fourth-order valence-electron chi connectivity index (χ4n) is 1.71. The van der Waals surface area contributed by atoms with Crippen LogP contribution in [-0.2, 0) is 21.5 Å². The lowest BCUT2D eigenvalue weighted by atomic mass is 10.2. The summed E-state index contributed by atoms with van der Waals surface area (Å²) in [6, 6.07) is 6.84. The van der Waals surface area contributed by atoms with E-state index in [-0.39, 0.29) is 23.5 Å². The Morgan fingerprint density at radius 3 is 2.20 bits per heavy atom. The van der Waals surface area contributed by atoms with E-state index in [0.29, 0.717) is 6.54 Å². The molecule has 112 valence electrons. The zero-order valence-electron chi connectivity index (χ0n) is 12.3. The molecule has 0 N–H and O–H groups in total. The molecule has 0 radical (unpaired) electrons. The van der Waals surface area contributed by atoms with Crippen LogP contribution in [0.4, 0.5) is 0 Å². The van der Waals surface area contributed by atoms with Gasteiger partial charge in [-0.2, -0.15) is 8.42 Å². The highest BCUT2D eigenvalue weighted by molar-refractivity contribution is 7.87. The van der Waals surface area contributed by atoms with Crippen LogP contribution in [0.2, 0.25) is 0 Å². The minimum atomic E-state index is -3.50. The van der Waals surface area contributed by atoms with Crippen molar-refractivity contribution in [2.45, 2.75) is 40.3 Å². The monoisotopic (exact) mass is 299 g/mol. The Balaban J connectivity index is 2.79. The summed E-state index contributed by atoms with van der Waals surface area (Å²) in [6.07, 6.45) is 0. The lowest BCUT2D eigenvalue weighted by Crippen LogP contribution is -2.34. The molecule has 1 amide bonds. The van der Waals surface area contributed by atoms with Gasteiger partial charge >= 0.3 is 10.1 Å². The van der Waals surface area contributed by atoms with Gasteiger partial charge in [-0.05, 0) is 38.5 Å². The van der Waals surface area contributed by atoms with Crippen molar-refractivity contribution in [3.05, 3.63) is 29.8 Å². The van der Waals surface area contributed by atoms with Gasteiger partial charge in [-0.1, -0.05) is 12.1 Å². The van der Waals surface area contributed by atoms with E-state index >= 15 is 0 Å². The molecule has 0 aliphatic heterocycles. The average molecular weight is 299 g/mol. The Bertz CT molecular complexity index is 549. The van der Waals surface area contributed by atoms with E-state index in [1.807, 2.05) is 13.8 Å². The predicted octanol–water partition coefficient (Wildman–Crippen LogP) is 2.17. The highest BCUT2D eigenvalue weighted by atomic mass is 32.2. The first-order valence-corrected chi connectivity index (χ1v) is 8.11. The first kappa shape index (κ1) is 16.5. The number of carbonyl (C=O) groups is 1. The summed E-state index contributed by atoms with van der Waals surface area (Å²) >= 11 is 0. The lowest BCUT2D eigenvalue weighted by Gasteiger charge is -2.25. The summed E-state index contributed by atoms with van der Waals surface area (Å²) in [5.74, 6) is 0.226. The maximum absolute atomic E-state index is 11.5. The zero-order chi connectivity index (χ0) is 15.3. The van der Waals surface area contributed by atoms with Gasteiger partial charge in [-0.3, -0.25) is 4.79 Å². The van der Waals surface area contributed by atoms with Crippen molar-refractivity contribution in [2.24, 2.45) is 0 Å². The van der Waals surface area contributed by atoms with Crippen molar-refractivity contribution < 1.29 is 17.4 Å². The molecule has 1 aromatic carbocycles. The summed E-state index contributed by atoms with van der Waals surface area (Å²) in [6.45, 7) is 7.45. The summed E-state index contributed by atoms with van der Waals surface area (Å²) in [7, 11) is -3.50. The van der Waals surface area contributed by atoms with Crippen LogP contribution in [0.1, 0.15) is 33.3 Å². The molecule has 0 aliphatic carbocycles. The summed E-state index contributed by atoms with van der Waals surface area (Å²) in [5.41, 5.74) is 0.926. The van der Waals surface area contributed by atoms with Gasteiger partial charge in [0.15, 0.2) is 0 Å². The molecular formula is C14H21NO4S. The maximum atomic E-state index is 11.5. The molecular weight excluding hydrogens is 278 g/mol. The molecule has 6 heteroatoms. The molecule has 0 saturated heterocycles. The largest absolute Gasteiger partial charge is 0.382 e. The van der Waals surface area contributed by atoms with E-state index in [4.69, 9.17) is 4.18 Å². The molecule has 5 nitrogen and oxygen atoms in total. The van der Waals surface area contributed by atoms with E-state index in [1.54, 1.807) is 29.2 Å². The van der Waals surface area contributed by atoms with Crippen molar-refractivity contribution in [1.29, 1.82) is 0 Å². The Hall–Kier alpha value is -1.56. The lowest BCUT2D eigenvalue weighted by molar-refractivity contribution is -0.131. The average Bonchev–Trinajstić information content (AvgIpc) is 2.36. The van der Waals surface area contributed by atoms with Crippen LogP contribution in [0.25, 0.3) is 0 Å². The number of hydrogen-bond acceptors (Lipinski definition) is 4. The standard InChI is InChI=1S/C14H21NO4S/c1-5-20(17,18)19-14-8-6-13(7-9-14)10-15(11(2)3)12(4)16/h6-9,11H,5,10H2,1-4H3. The fraction of sp³-hybridized carbons (Fsp3) is 0.500. The van der Waals surface area contributed by atoms with Crippen LogP contribution in [0.3, 0.4) is 0 Å². The van der Waals surface area contributed by atoms with Gasteiger partial charge in [-0.25, -0.2) is 0 Å². The van der Waals surface area contributed by atoms with Crippen molar-refractivity contribution in [2.75, 3.05) is 5.75 Å². The van der Waals surface area contributed by atoms with Gasteiger partial charge < -0.3 is 9.08 Å². The van der Waals surface area contributed by atoms with Crippen LogP contribution < -0.4 is 4.18 Å². The maximum Gasteiger partial charge on any atom is 0.308 e. The number of rotatable bonds is 6. The first-order valence-electron chi connectivity index (χ1n) is 6.53. The number of nitrogens with zero attached hydrogens (tertiary/aromatic N) is 1. The van der Waals surface area contributed by atoms with Crippen molar-refractivity contribution in [3.63, 3.8) is 0 Å². The Labute approximate surface area is 120 Å². The second kappa shape index (κ2) is 6.74. The molecule has 0 spiro atoms. The van der Waals surface area contributed by atoms with Gasteiger partial charge in [0, 0.05) is 19.5 Å². The van der Waals surface area contributed by atoms with E-state index in [0.717, 1.165) is 5.56 Å². The third kappa shape index (κ3) is 4.85. The van der Waals surface area contributed by atoms with Gasteiger partial charge in [0.25, 0.3) is 0 Å². The minimum Gasteiger partial charge on any atom is -0.382 e. The Morgan fingerprint density at radius 1 is 1.25 bits per heavy atom. The second-order valence-electron chi connectivity index (χ2n) is 4.81. The minimum absolute atomic E-state index is 0.00823. The molecule has 0 heterocycles. The van der Waals surface area contributed by atoms with Crippen molar-refractivity contribution in [3.8, 4) is 5.75 Å². The molecule has 20 heavy (non-hydrogen) atoms. The van der Waals surface area contributed by atoms with Gasteiger partial charge in [0.05, 0.1) is 5.75 Å². The molecule has 0 aromatic heterocycles. The molecule has 0 aliphatic rings. The van der Waals surface area contributed by atoms with Gasteiger partial charge in [-0.15, -0.1) is 0 Å². The summed E-state index contributed by atoms with van der Waals surface area (Å²) < 4.78 is 27.6. The molecule has 1 aromatic rings. The SMILES string of the molecule is CCS(=O)(=O)Oc1ccc(CN(C(C)=O)C(C)C)cc1. The zero-order valence-corrected chi connectivity index (χ0v) is 13.1. The second-order valence-corrected chi connectivity index (χ2v) is 6.67. The highest BCUT2D eigenvalue weighted by Crippen LogP contribution is 2.16. The number of hydrogen-bond donors (Lipinski definition) is 0. The third-order valence-corrected chi connectivity index (χ3v) is 4.03. The van der Waals surface area contributed by atoms with Crippen LogP contribution >= 0.6 is 0 Å². The van der Waals surface area contributed by atoms with Crippen LogP contribution in [0, 0.1) is 0 Å². The number of amides is 1. The van der Waals surface area contributed by atoms with Crippen LogP contribution in [0.5, 0.6) is 5.75 Å². The normalized spacial score (nSPS) is 11.4. The van der Waals surface area contributed by atoms with Crippen LogP contribution in [0.15, 0.2) is 24.3 Å².